The lowest BCUT2D eigenvalue weighted by Crippen LogP contribution is -2.39. The van der Waals surface area contributed by atoms with E-state index in [2.05, 4.69) is 23.0 Å². The Balaban J connectivity index is 2.27. The smallest absolute Gasteiger partial charge is 0.272 e. The zero-order chi connectivity index (χ0) is 16.9. The summed E-state index contributed by atoms with van der Waals surface area (Å²) in [7, 11) is 0. The summed E-state index contributed by atoms with van der Waals surface area (Å²) in [5.41, 5.74) is 1.26. The van der Waals surface area contributed by atoms with Gasteiger partial charge in [0.2, 0.25) is 0 Å². The molecule has 22 heavy (non-hydrogen) atoms. The van der Waals surface area contributed by atoms with Crippen LogP contribution in [0.2, 0.25) is 5.15 Å². The van der Waals surface area contributed by atoms with E-state index in [1.165, 1.54) is 13.8 Å². The largest absolute Gasteiger partial charge is 0.419 e. The van der Waals surface area contributed by atoms with Gasteiger partial charge in [0.1, 0.15) is 15.7 Å². The fourth-order valence-electron chi connectivity index (χ4n) is 1.87. The van der Waals surface area contributed by atoms with Crippen LogP contribution in [0.25, 0.3) is 0 Å². The summed E-state index contributed by atoms with van der Waals surface area (Å²) in [6.45, 7) is 3.01. The lowest BCUT2D eigenvalue weighted by molar-refractivity contribution is -0.139. The van der Waals surface area contributed by atoms with E-state index in [1.807, 2.05) is 0 Å². The topological polar surface area (TPSA) is 62.3 Å². The molecule has 1 aliphatic heterocycles. The zero-order valence-corrected chi connectivity index (χ0v) is 13.1. The third-order valence-electron chi connectivity index (χ3n) is 3.45. The van der Waals surface area contributed by atoms with Crippen molar-refractivity contribution in [1.82, 2.24) is 9.99 Å². The summed E-state index contributed by atoms with van der Waals surface area (Å²) in [5, 5.41) is -0.0953. The van der Waals surface area contributed by atoms with Gasteiger partial charge in [-0.1, -0.05) is 18.5 Å². The van der Waals surface area contributed by atoms with Gasteiger partial charge >= 0.3 is 6.18 Å². The van der Waals surface area contributed by atoms with Crippen LogP contribution in [0.3, 0.4) is 0 Å². The van der Waals surface area contributed by atoms with E-state index in [-0.39, 0.29) is 5.82 Å². The van der Waals surface area contributed by atoms with Gasteiger partial charge in [-0.15, -0.1) is 0 Å². The van der Waals surface area contributed by atoms with Crippen molar-refractivity contribution in [1.29, 1.82) is 0 Å². The number of carbonyl (C=O) groups excluding carboxylic acids is 2. The first-order valence-corrected chi connectivity index (χ1v) is 6.90. The third-order valence-corrected chi connectivity index (χ3v) is 4.32. The van der Waals surface area contributed by atoms with Crippen molar-refractivity contribution in [3.8, 4) is 0 Å². The molecule has 0 unspecified atom stereocenters. The first-order chi connectivity index (χ1) is 9.96. The first-order valence-electron chi connectivity index (χ1n) is 6.07. The molecule has 2 amide bonds. The van der Waals surface area contributed by atoms with Gasteiger partial charge in [-0.05, 0) is 19.1 Å². The van der Waals surface area contributed by atoms with E-state index in [0.29, 0.717) is 11.1 Å². The fourth-order valence-corrected chi connectivity index (χ4v) is 2.35. The number of nitrogens with one attached hydrogen (secondary N) is 1. The maximum Gasteiger partial charge on any atom is 0.419 e. The van der Waals surface area contributed by atoms with Crippen LogP contribution in [-0.2, 0) is 15.8 Å². The van der Waals surface area contributed by atoms with Crippen molar-refractivity contribution >= 4 is 41.9 Å². The molecule has 0 aromatic carbocycles. The van der Waals surface area contributed by atoms with Crippen LogP contribution in [-0.4, -0.2) is 26.6 Å². The van der Waals surface area contributed by atoms with E-state index in [0.717, 1.165) is 6.07 Å². The number of hydrazine groups is 1. The second-order valence-electron chi connectivity index (χ2n) is 4.99. The Morgan fingerprint density at radius 3 is 2.41 bits per heavy atom. The number of aromatic nitrogens is 1. The van der Waals surface area contributed by atoms with Crippen LogP contribution in [0, 0.1) is 5.92 Å². The number of anilines is 1. The van der Waals surface area contributed by atoms with Gasteiger partial charge in [0.25, 0.3) is 11.8 Å². The summed E-state index contributed by atoms with van der Waals surface area (Å²) in [6.07, 6.45) is -4.64. The van der Waals surface area contributed by atoms with E-state index in [9.17, 15) is 22.8 Å². The Morgan fingerprint density at radius 1 is 1.41 bits per heavy atom. The molecule has 2 heterocycles. The second kappa shape index (κ2) is 5.31. The third kappa shape index (κ3) is 2.74. The monoisotopic (exact) mass is 353 g/mol. The number of carbonyl (C=O) groups is 2. The molecule has 1 saturated heterocycles. The Bertz CT molecular complexity index is 651. The summed E-state index contributed by atoms with van der Waals surface area (Å²) >= 11 is 9.63. The van der Waals surface area contributed by atoms with Crippen LogP contribution in [0.5, 0.6) is 0 Å². The molecule has 0 spiro atoms. The molecule has 1 fully saturated rings. The molecule has 1 aliphatic rings. The predicted molar refractivity (Wildman–Crippen MR) is 76.3 cm³/mol. The molecule has 0 aliphatic carbocycles. The highest BCUT2D eigenvalue weighted by molar-refractivity contribution is 7.82. The van der Waals surface area contributed by atoms with Gasteiger partial charge in [-0.25, -0.2) is 4.98 Å². The van der Waals surface area contributed by atoms with E-state index >= 15 is 0 Å². The van der Waals surface area contributed by atoms with Crippen LogP contribution in [0.15, 0.2) is 12.1 Å². The normalized spacial score (nSPS) is 25.8. The number of nitrogens with zero attached hydrogens (tertiary/aromatic N) is 2. The summed E-state index contributed by atoms with van der Waals surface area (Å²) in [5.74, 6) is -2.02. The van der Waals surface area contributed by atoms with Crippen LogP contribution >= 0.6 is 24.2 Å². The first kappa shape index (κ1) is 16.9. The van der Waals surface area contributed by atoms with Gasteiger partial charge in [0, 0.05) is 0 Å². The van der Waals surface area contributed by atoms with Crippen LogP contribution in [0.4, 0.5) is 19.0 Å². The molecule has 1 aromatic heterocycles. The minimum Gasteiger partial charge on any atom is -0.272 e. The number of alkyl halides is 3. The molecule has 120 valence electrons. The highest BCUT2D eigenvalue weighted by Gasteiger charge is 2.52. The number of hydrogen-bond donors (Lipinski definition) is 2. The van der Waals surface area contributed by atoms with Crippen molar-refractivity contribution in [3.63, 3.8) is 0 Å². The molecule has 2 atom stereocenters. The number of hydrogen-bond acceptors (Lipinski definition) is 5. The highest BCUT2D eigenvalue weighted by atomic mass is 35.5. The maximum absolute atomic E-state index is 12.6. The molecule has 1 aromatic rings. The van der Waals surface area contributed by atoms with Crippen LogP contribution < -0.4 is 5.43 Å². The lowest BCUT2D eigenvalue weighted by Gasteiger charge is -2.19. The number of amides is 2. The SMILES string of the molecule is C[C@H]1C(=O)N(Nc2ccc(C(F)(F)F)c(Cl)n2)C(=O)[C@]1(C)S. The predicted octanol–water partition coefficient (Wildman–Crippen LogP) is 2.77. The highest BCUT2D eigenvalue weighted by Crippen LogP contribution is 2.36. The number of halogens is 4. The second-order valence-corrected chi connectivity index (χ2v) is 6.28. The Hall–Kier alpha value is -1.48. The average molecular weight is 354 g/mol. The van der Waals surface area contributed by atoms with Crippen molar-refractivity contribution in [2.75, 3.05) is 5.43 Å². The minimum absolute atomic E-state index is 0.155. The average Bonchev–Trinajstić information content (AvgIpc) is 2.53. The Morgan fingerprint density at radius 2 is 2.00 bits per heavy atom. The molecule has 10 heteroatoms. The van der Waals surface area contributed by atoms with Gasteiger partial charge in [-0.3, -0.25) is 15.0 Å². The maximum atomic E-state index is 12.6. The molecule has 1 N–H and O–H groups in total. The summed E-state index contributed by atoms with van der Waals surface area (Å²) in [6, 6.07) is 1.69. The van der Waals surface area contributed by atoms with Gasteiger partial charge in [0.05, 0.1) is 11.5 Å². The van der Waals surface area contributed by atoms with Gasteiger partial charge in [-0.2, -0.15) is 30.8 Å². The number of rotatable bonds is 2. The standard InChI is InChI=1S/C12H11ClF3N3O2S/c1-5-9(20)19(10(21)11(5,2)22)18-7-4-3-6(8(13)17-7)12(14,15)16/h3-5,22H,1-2H3,(H,17,18)/t5-,11+/m0/s1. The van der Waals surface area contributed by atoms with Crippen molar-refractivity contribution < 1.29 is 22.8 Å². The Labute approximate surface area is 134 Å². The van der Waals surface area contributed by atoms with Crippen molar-refractivity contribution in [3.05, 3.63) is 22.8 Å². The summed E-state index contributed by atoms with van der Waals surface area (Å²) in [4.78, 5) is 27.6. The van der Waals surface area contributed by atoms with E-state index in [4.69, 9.17) is 11.6 Å². The summed E-state index contributed by atoms with van der Waals surface area (Å²) < 4.78 is 36.6. The zero-order valence-electron chi connectivity index (χ0n) is 11.4. The molecule has 2 rings (SSSR count). The molecule has 0 bridgehead atoms. The van der Waals surface area contributed by atoms with Gasteiger partial charge < -0.3 is 0 Å². The molecule has 0 radical (unpaired) electrons. The number of thiol groups is 1. The van der Waals surface area contributed by atoms with Crippen LogP contribution in [0.1, 0.15) is 19.4 Å². The number of imide groups is 1. The van der Waals surface area contributed by atoms with Gasteiger partial charge in [0.15, 0.2) is 0 Å². The molecular formula is C12H11ClF3N3O2S. The molecular weight excluding hydrogens is 343 g/mol. The molecule has 0 saturated carbocycles. The van der Waals surface area contributed by atoms with E-state index < -0.39 is 39.4 Å². The molecule has 5 nitrogen and oxygen atoms in total. The lowest BCUT2D eigenvalue weighted by atomic mass is 9.98. The van der Waals surface area contributed by atoms with Crippen molar-refractivity contribution in [2.45, 2.75) is 24.8 Å². The minimum atomic E-state index is -4.64. The Kier molecular flexibility index (Phi) is 4.07. The number of pyridine rings is 1. The quantitative estimate of drug-likeness (QED) is 0.487. The van der Waals surface area contributed by atoms with E-state index in [1.54, 1.807) is 0 Å². The van der Waals surface area contributed by atoms with Crippen molar-refractivity contribution in [2.24, 2.45) is 5.92 Å². The fraction of sp³-hybridized carbons (Fsp3) is 0.417.